The Morgan fingerprint density at radius 3 is 3.04 bits per heavy atom. The highest BCUT2D eigenvalue weighted by molar-refractivity contribution is 7.14. The maximum Gasteiger partial charge on any atom is 0.312 e. The Hall–Kier alpha value is -2.94. The van der Waals surface area contributed by atoms with Crippen LogP contribution in [0.3, 0.4) is 0 Å². The van der Waals surface area contributed by atoms with E-state index in [1.165, 1.54) is 17.6 Å². The topological polar surface area (TPSA) is 98.7 Å². The van der Waals surface area contributed by atoms with E-state index in [1.807, 2.05) is 0 Å². The summed E-state index contributed by atoms with van der Waals surface area (Å²) >= 11 is 1.36. The van der Waals surface area contributed by atoms with Crippen molar-refractivity contribution in [3.63, 3.8) is 0 Å². The van der Waals surface area contributed by atoms with Gasteiger partial charge in [0, 0.05) is 24.4 Å². The molecule has 9 heteroatoms. The van der Waals surface area contributed by atoms with Crippen molar-refractivity contribution in [1.29, 1.82) is 0 Å². The van der Waals surface area contributed by atoms with Gasteiger partial charge in [-0.05, 0) is 18.6 Å². The number of aromatic nitrogens is 2. The van der Waals surface area contributed by atoms with Gasteiger partial charge in [0.15, 0.2) is 10.9 Å². The number of nitrogens with zero attached hydrogens (tertiary/aromatic N) is 3. The first-order chi connectivity index (χ1) is 12.7. The molecular weight excluding hydrogens is 358 g/mol. The lowest BCUT2D eigenvalue weighted by molar-refractivity contribution is -0.144. The molecule has 0 N–H and O–H groups in total. The number of ether oxygens (including phenoxy) is 1. The molecule has 4 heterocycles. The van der Waals surface area contributed by atoms with E-state index in [2.05, 4.69) is 10.1 Å². The van der Waals surface area contributed by atoms with Gasteiger partial charge in [-0.25, -0.2) is 4.98 Å². The van der Waals surface area contributed by atoms with E-state index in [0.29, 0.717) is 41.0 Å². The Labute approximate surface area is 152 Å². The van der Waals surface area contributed by atoms with Crippen molar-refractivity contribution in [1.82, 2.24) is 10.1 Å². The minimum absolute atomic E-state index is 0.00461. The fourth-order valence-corrected chi connectivity index (χ4v) is 3.49. The van der Waals surface area contributed by atoms with E-state index in [-0.39, 0.29) is 18.9 Å². The zero-order valence-electron chi connectivity index (χ0n) is 13.7. The van der Waals surface area contributed by atoms with Crippen LogP contribution in [0, 0.1) is 0 Å². The van der Waals surface area contributed by atoms with Crippen LogP contribution in [-0.4, -0.2) is 28.6 Å². The lowest BCUT2D eigenvalue weighted by Gasteiger charge is -2.10. The molecule has 1 fully saturated rings. The Bertz CT molecular complexity index is 915. The number of esters is 1. The van der Waals surface area contributed by atoms with Crippen molar-refractivity contribution in [2.24, 2.45) is 0 Å². The fourth-order valence-electron chi connectivity index (χ4n) is 2.62. The van der Waals surface area contributed by atoms with E-state index >= 15 is 0 Å². The first kappa shape index (κ1) is 16.5. The smallest absolute Gasteiger partial charge is 0.312 e. The number of furan rings is 1. The molecule has 0 spiro atoms. The third-order valence-electron chi connectivity index (χ3n) is 3.87. The van der Waals surface area contributed by atoms with Crippen LogP contribution >= 0.6 is 11.3 Å². The average molecular weight is 373 g/mol. The van der Waals surface area contributed by atoms with Crippen LogP contribution in [0.1, 0.15) is 24.2 Å². The van der Waals surface area contributed by atoms with Gasteiger partial charge in [-0.2, -0.15) is 0 Å². The van der Waals surface area contributed by atoms with E-state index in [1.54, 1.807) is 28.5 Å². The molecule has 1 aliphatic heterocycles. The van der Waals surface area contributed by atoms with Crippen LogP contribution in [0.5, 0.6) is 0 Å². The number of hydrogen-bond donors (Lipinski definition) is 0. The van der Waals surface area contributed by atoms with Crippen molar-refractivity contribution >= 4 is 28.3 Å². The zero-order valence-corrected chi connectivity index (χ0v) is 14.5. The Balaban J connectivity index is 1.30. The molecule has 134 valence electrons. The minimum atomic E-state index is -0.419. The SMILES string of the molecule is O=C(Cc1csc(N2CCCC2=O)n1)OCc1cc(-c2ccco2)on1. The highest BCUT2D eigenvalue weighted by Gasteiger charge is 2.24. The van der Waals surface area contributed by atoms with Crippen LogP contribution in [0.15, 0.2) is 38.8 Å². The highest BCUT2D eigenvalue weighted by Crippen LogP contribution is 2.25. The monoisotopic (exact) mass is 373 g/mol. The number of rotatable bonds is 6. The van der Waals surface area contributed by atoms with Crippen molar-refractivity contribution < 1.29 is 23.3 Å². The summed E-state index contributed by atoms with van der Waals surface area (Å²) in [6, 6.07) is 5.16. The predicted molar refractivity (Wildman–Crippen MR) is 91.4 cm³/mol. The summed E-state index contributed by atoms with van der Waals surface area (Å²) in [5.74, 6) is 0.686. The molecule has 8 nitrogen and oxygen atoms in total. The minimum Gasteiger partial charge on any atom is -0.461 e. The van der Waals surface area contributed by atoms with E-state index < -0.39 is 5.97 Å². The number of hydrogen-bond acceptors (Lipinski definition) is 8. The molecule has 26 heavy (non-hydrogen) atoms. The van der Waals surface area contributed by atoms with Gasteiger partial charge in [-0.1, -0.05) is 5.16 Å². The lowest BCUT2D eigenvalue weighted by atomic mass is 10.3. The summed E-state index contributed by atoms with van der Waals surface area (Å²) in [6.45, 7) is 0.686. The lowest BCUT2D eigenvalue weighted by Crippen LogP contribution is -2.23. The number of carbonyl (C=O) groups excluding carboxylic acids is 2. The van der Waals surface area contributed by atoms with Crippen molar-refractivity contribution in [3.05, 3.63) is 41.2 Å². The molecule has 4 rings (SSSR count). The normalized spacial score (nSPS) is 14.2. The number of thiazole rings is 1. The predicted octanol–water partition coefficient (Wildman–Crippen LogP) is 2.80. The van der Waals surface area contributed by atoms with Gasteiger partial charge in [0.25, 0.3) is 0 Å². The maximum absolute atomic E-state index is 12.0. The molecule has 0 aromatic carbocycles. The van der Waals surface area contributed by atoms with Gasteiger partial charge in [0.2, 0.25) is 11.7 Å². The average Bonchev–Trinajstić information content (AvgIpc) is 3.40. The zero-order chi connectivity index (χ0) is 17.9. The Morgan fingerprint density at radius 2 is 2.27 bits per heavy atom. The molecular formula is C17H15N3O5S. The summed E-state index contributed by atoms with van der Waals surface area (Å²) in [7, 11) is 0. The van der Waals surface area contributed by atoms with Crippen LogP contribution in [0.2, 0.25) is 0 Å². The molecule has 0 unspecified atom stereocenters. The third kappa shape index (κ3) is 3.52. The molecule has 3 aromatic heterocycles. The second kappa shape index (κ2) is 7.12. The van der Waals surface area contributed by atoms with Crippen LogP contribution in [-0.2, 0) is 27.4 Å². The van der Waals surface area contributed by atoms with Gasteiger partial charge in [-0.15, -0.1) is 11.3 Å². The second-order valence-corrected chi connectivity index (χ2v) is 6.60. The Kier molecular flexibility index (Phi) is 4.53. The number of carbonyl (C=O) groups is 2. The van der Waals surface area contributed by atoms with Crippen molar-refractivity contribution in [3.8, 4) is 11.5 Å². The standard InChI is InChI=1S/C17H15N3O5S/c21-15-4-1-5-20(15)17-18-12(10-26-17)8-16(22)24-9-11-7-14(25-19-11)13-3-2-6-23-13/h2-3,6-7,10H,1,4-5,8-9H2. The second-order valence-electron chi connectivity index (χ2n) is 5.77. The molecule has 0 atom stereocenters. The van der Waals surface area contributed by atoms with Crippen molar-refractivity contribution in [2.45, 2.75) is 25.9 Å². The van der Waals surface area contributed by atoms with Crippen molar-refractivity contribution in [2.75, 3.05) is 11.4 Å². The maximum atomic E-state index is 12.0. The number of amides is 1. The molecule has 0 bridgehead atoms. The van der Waals surface area contributed by atoms with E-state index in [4.69, 9.17) is 13.7 Å². The third-order valence-corrected chi connectivity index (χ3v) is 4.79. The van der Waals surface area contributed by atoms with Crippen LogP contribution in [0.4, 0.5) is 5.13 Å². The number of anilines is 1. The quantitative estimate of drug-likeness (QED) is 0.613. The summed E-state index contributed by atoms with van der Waals surface area (Å²) < 4.78 is 15.6. The first-order valence-electron chi connectivity index (χ1n) is 8.09. The van der Waals surface area contributed by atoms with Crippen LogP contribution in [0.25, 0.3) is 11.5 Å². The molecule has 0 radical (unpaired) electrons. The largest absolute Gasteiger partial charge is 0.461 e. The summed E-state index contributed by atoms with van der Waals surface area (Å²) in [6.07, 6.45) is 2.97. The van der Waals surface area contributed by atoms with Gasteiger partial charge in [0.05, 0.1) is 18.4 Å². The van der Waals surface area contributed by atoms with Crippen LogP contribution < -0.4 is 4.90 Å². The summed E-state index contributed by atoms with van der Waals surface area (Å²) in [5, 5.41) is 6.25. The summed E-state index contributed by atoms with van der Waals surface area (Å²) in [5.41, 5.74) is 1.08. The molecule has 0 saturated carbocycles. The summed E-state index contributed by atoms with van der Waals surface area (Å²) in [4.78, 5) is 29.7. The molecule has 1 saturated heterocycles. The highest BCUT2D eigenvalue weighted by atomic mass is 32.1. The Morgan fingerprint density at radius 1 is 1.35 bits per heavy atom. The van der Waals surface area contributed by atoms with E-state index in [9.17, 15) is 9.59 Å². The molecule has 3 aromatic rings. The van der Waals surface area contributed by atoms with E-state index in [0.717, 1.165) is 6.42 Å². The van der Waals surface area contributed by atoms with Gasteiger partial charge in [0.1, 0.15) is 12.3 Å². The van der Waals surface area contributed by atoms with Gasteiger partial charge in [-0.3, -0.25) is 14.5 Å². The first-order valence-corrected chi connectivity index (χ1v) is 8.97. The molecule has 1 amide bonds. The molecule has 1 aliphatic rings. The van der Waals surface area contributed by atoms with Gasteiger partial charge >= 0.3 is 5.97 Å². The van der Waals surface area contributed by atoms with Gasteiger partial charge < -0.3 is 13.7 Å². The fraction of sp³-hybridized carbons (Fsp3) is 0.294. The molecule has 0 aliphatic carbocycles.